The predicted molar refractivity (Wildman–Crippen MR) is 82.4 cm³/mol. The van der Waals surface area contributed by atoms with Crippen LogP contribution in [0.5, 0.6) is 0 Å². The molecule has 1 aliphatic carbocycles. The van der Waals surface area contributed by atoms with Crippen LogP contribution in [0, 0.1) is 0 Å². The van der Waals surface area contributed by atoms with E-state index in [1.54, 1.807) is 6.07 Å². The molecule has 0 amide bonds. The molecule has 0 bridgehead atoms. The molecule has 1 aromatic heterocycles. The summed E-state index contributed by atoms with van der Waals surface area (Å²) in [6.45, 7) is 0.977. The zero-order valence-electron chi connectivity index (χ0n) is 11.0. The van der Waals surface area contributed by atoms with E-state index >= 15 is 0 Å². The predicted octanol–water partition coefficient (Wildman–Crippen LogP) is 4.41. The number of nitrogens with zero attached hydrogens (tertiary/aromatic N) is 2. The Balaban J connectivity index is 1.87. The van der Waals surface area contributed by atoms with Gasteiger partial charge >= 0.3 is 0 Å². The Morgan fingerprint density at radius 2 is 2.10 bits per heavy atom. The van der Waals surface area contributed by atoms with Crippen LogP contribution in [0.15, 0.2) is 18.2 Å². The minimum Gasteiger partial charge on any atom is -0.369 e. The standard InChI is InChI=1S/C15H15Cl2N3/c16-10-4-5-12(17)13(8-10)20-15-11(6-7-18-15)14(19-20)9-2-1-3-9/h4-5,8-9,18H,1-3,6-7H2. The number of halogens is 2. The first-order chi connectivity index (χ1) is 9.74. The summed E-state index contributed by atoms with van der Waals surface area (Å²) in [5.41, 5.74) is 3.48. The Bertz CT molecular complexity index is 674. The van der Waals surface area contributed by atoms with Gasteiger partial charge in [0.2, 0.25) is 0 Å². The summed E-state index contributed by atoms with van der Waals surface area (Å²) in [6, 6.07) is 5.50. The summed E-state index contributed by atoms with van der Waals surface area (Å²) >= 11 is 12.4. The third kappa shape index (κ3) is 1.84. The molecule has 4 rings (SSSR count). The Hall–Kier alpha value is -1.19. The van der Waals surface area contributed by atoms with Gasteiger partial charge in [-0.2, -0.15) is 5.10 Å². The van der Waals surface area contributed by atoms with Gasteiger partial charge in [-0.15, -0.1) is 0 Å². The summed E-state index contributed by atoms with van der Waals surface area (Å²) < 4.78 is 1.93. The summed E-state index contributed by atoms with van der Waals surface area (Å²) in [4.78, 5) is 0. The molecule has 0 radical (unpaired) electrons. The maximum absolute atomic E-state index is 6.32. The highest BCUT2D eigenvalue weighted by atomic mass is 35.5. The number of hydrogen-bond acceptors (Lipinski definition) is 2. The summed E-state index contributed by atoms with van der Waals surface area (Å²) in [5.74, 6) is 1.72. The first-order valence-electron chi connectivity index (χ1n) is 7.05. The topological polar surface area (TPSA) is 29.9 Å². The van der Waals surface area contributed by atoms with Gasteiger partial charge in [0, 0.05) is 23.0 Å². The van der Waals surface area contributed by atoms with Crippen molar-refractivity contribution in [2.45, 2.75) is 31.6 Å². The van der Waals surface area contributed by atoms with E-state index in [4.69, 9.17) is 28.3 Å². The molecule has 20 heavy (non-hydrogen) atoms. The SMILES string of the molecule is Clc1ccc(Cl)c(-n2nc(C3CCC3)c3c2NCC3)c1. The molecule has 1 aliphatic heterocycles. The average molecular weight is 308 g/mol. The second-order valence-electron chi connectivity index (χ2n) is 5.52. The van der Waals surface area contributed by atoms with Crippen LogP contribution in [0.4, 0.5) is 5.82 Å². The van der Waals surface area contributed by atoms with Crippen LogP contribution in [-0.2, 0) is 6.42 Å². The molecule has 5 heteroatoms. The van der Waals surface area contributed by atoms with E-state index in [2.05, 4.69) is 5.32 Å². The molecule has 1 aromatic carbocycles. The van der Waals surface area contributed by atoms with E-state index in [-0.39, 0.29) is 0 Å². The fourth-order valence-corrected chi connectivity index (χ4v) is 3.40. The van der Waals surface area contributed by atoms with Crippen LogP contribution in [-0.4, -0.2) is 16.3 Å². The number of aromatic nitrogens is 2. The fraction of sp³-hybridized carbons (Fsp3) is 0.400. The van der Waals surface area contributed by atoms with Gasteiger partial charge in [0.25, 0.3) is 0 Å². The summed E-state index contributed by atoms with van der Waals surface area (Å²) in [6.07, 6.45) is 4.89. The number of nitrogens with one attached hydrogen (secondary N) is 1. The summed E-state index contributed by atoms with van der Waals surface area (Å²) in [5, 5.41) is 9.63. The minimum absolute atomic E-state index is 0.628. The van der Waals surface area contributed by atoms with E-state index in [1.165, 1.54) is 30.5 Å². The van der Waals surface area contributed by atoms with E-state index in [9.17, 15) is 0 Å². The lowest BCUT2D eigenvalue weighted by molar-refractivity contribution is 0.407. The molecular formula is C15H15Cl2N3. The van der Waals surface area contributed by atoms with Crippen molar-refractivity contribution in [3.8, 4) is 5.69 Å². The third-order valence-corrected chi connectivity index (χ3v) is 4.86. The molecule has 104 valence electrons. The van der Waals surface area contributed by atoms with Crippen molar-refractivity contribution in [1.82, 2.24) is 9.78 Å². The molecule has 3 nitrogen and oxygen atoms in total. The lowest BCUT2D eigenvalue weighted by Gasteiger charge is -2.24. The second-order valence-corrected chi connectivity index (χ2v) is 6.37. The fourth-order valence-electron chi connectivity index (χ4n) is 3.03. The van der Waals surface area contributed by atoms with Gasteiger partial charge in [-0.25, -0.2) is 4.68 Å². The molecule has 2 heterocycles. The molecule has 2 aliphatic rings. The normalized spacial score (nSPS) is 17.7. The number of rotatable bonds is 2. The van der Waals surface area contributed by atoms with Crippen LogP contribution in [0.2, 0.25) is 10.0 Å². The maximum Gasteiger partial charge on any atom is 0.133 e. The molecule has 1 saturated carbocycles. The van der Waals surface area contributed by atoms with E-state index in [0.29, 0.717) is 16.0 Å². The van der Waals surface area contributed by atoms with E-state index in [1.807, 2.05) is 16.8 Å². The van der Waals surface area contributed by atoms with Crippen molar-refractivity contribution in [1.29, 1.82) is 0 Å². The minimum atomic E-state index is 0.628. The van der Waals surface area contributed by atoms with E-state index < -0.39 is 0 Å². The lowest BCUT2D eigenvalue weighted by Crippen LogP contribution is -2.12. The van der Waals surface area contributed by atoms with Gasteiger partial charge in [0.05, 0.1) is 16.4 Å². The maximum atomic E-state index is 6.32. The zero-order valence-corrected chi connectivity index (χ0v) is 12.5. The molecule has 2 aromatic rings. The van der Waals surface area contributed by atoms with Gasteiger partial charge in [0.15, 0.2) is 0 Å². The smallest absolute Gasteiger partial charge is 0.133 e. The zero-order chi connectivity index (χ0) is 13.7. The Labute approximate surface area is 127 Å². The van der Waals surface area contributed by atoms with Crippen molar-refractivity contribution >= 4 is 29.0 Å². The molecule has 0 spiro atoms. The molecule has 1 N–H and O–H groups in total. The molecule has 0 saturated heterocycles. The van der Waals surface area contributed by atoms with Crippen LogP contribution in [0.25, 0.3) is 5.69 Å². The quantitative estimate of drug-likeness (QED) is 0.890. The molecule has 1 fully saturated rings. The van der Waals surface area contributed by atoms with Crippen molar-refractivity contribution < 1.29 is 0 Å². The monoisotopic (exact) mass is 307 g/mol. The molecule has 0 unspecified atom stereocenters. The highest BCUT2D eigenvalue weighted by Gasteiger charge is 2.31. The van der Waals surface area contributed by atoms with Crippen LogP contribution in [0.1, 0.15) is 36.4 Å². The highest BCUT2D eigenvalue weighted by Crippen LogP contribution is 2.42. The Morgan fingerprint density at radius 3 is 2.85 bits per heavy atom. The van der Waals surface area contributed by atoms with Gasteiger partial charge in [-0.05, 0) is 37.5 Å². The first kappa shape index (κ1) is 12.5. The van der Waals surface area contributed by atoms with Crippen molar-refractivity contribution in [2.75, 3.05) is 11.9 Å². The van der Waals surface area contributed by atoms with Crippen LogP contribution >= 0.6 is 23.2 Å². The van der Waals surface area contributed by atoms with Gasteiger partial charge in [-0.1, -0.05) is 29.6 Å². The second kappa shape index (κ2) is 4.68. The van der Waals surface area contributed by atoms with Crippen molar-refractivity contribution in [2.24, 2.45) is 0 Å². The first-order valence-corrected chi connectivity index (χ1v) is 7.81. The Morgan fingerprint density at radius 1 is 1.25 bits per heavy atom. The average Bonchev–Trinajstić information content (AvgIpc) is 2.94. The van der Waals surface area contributed by atoms with E-state index in [0.717, 1.165) is 24.5 Å². The Kier molecular flexibility index (Phi) is 2.93. The largest absolute Gasteiger partial charge is 0.369 e. The van der Waals surface area contributed by atoms with Gasteiger partial charge in [0.1, 0.15) is 5.82 Å². The van der Waals surface area contributed by atoms with Gasteiger partial charge in [-0.3, -0.25) is 0 Å². The number of benzene rings is 1. The van der Waals surface area contributed by atoms with Crippen LogP contribution in [0.3, 0.4) is 0 Å². The third-order valence-electron chi connectivity index (χ3n) is 4.31. The highest BCUT2D eigenvalue weighted by molar-refractivity contribution is 6.34. The van der Waals surface area contributed by atoms with Gasteiger partial charge < -0.3 is 5.32 Å². The summed E-state index contributed by atoms with van der Waals surface area (Å²) in [7, 11) is 0. The molecular weight excluding hydrogens is 293 g/mol. The van der Waals surface area contributed by atoms with Crippen molar-refractivity contribution in [3.63, 3.8) is 0 Å². The molecule has 0 atom stereocenters. The van der Waals surface area contributed by atoms with Crippen molar-refractivity contribution in [3.05, 3.63) is 39.5 Å². The number of hydrogen-bond donors (Lipinski definition) is 1. The number of anilines is 1. The number of fused-ring (bicyclic) bond motifs is 1. The van der Waals surface area contributed by atoms with Crippen LogP contribution < -0.4 is 5.32 Å². The lowest BCUT2D eigenvalue weighted by atomic mass is 9.81.